The molecule has 3 rings (SSSR count). The van der Waals surface area contributed by atoms with E-state index in [0.717, 1.165) is 11.0 Å². The topological polar surface area (TPSA) is 183 Å². The molecule has 0 spiro atoms. The Bertz CT molecular complexity index is 1250. The van der Waals surface area contributed by atoms with Crippen molar-refractivity contribution in [1.29, 1.82) is 0 Å². The third-order valence-corrected chi connectivity index (χ3v) is 5.64. The molecule has 14 heteroatoms. The Kier molecular flexibility index (Phi) is 8.86. The van der Waals surface area contributed by atoms with Gasteiger partial charge in [0.2, 0.25) is 0 Å². The SMILES string of the molecule is O=C1NC(=S)N(c2ccc(Oc3ccccc3)cc2)C(=O)/C1=C\C(O)C[C@@H](OS(=O)(=O)O)[C@H](O)CO. The van der Waals surface area contributed by atoms with Gasteiger partial charge in [0.25, 0.3) is 11.8 Å². The summed E-state index contributed by atoms with van der Waals surface area (Å²) in [5.74, 6) is -0.722. The molecular weight excluding hydrogens is 516 g/mol. The van der Waals surface area contributed by atoms with Crippen LogP contribution in [0.1, 0.15) is 6.42 Å². The highest BCUT2D eigenvalue weighted by atomic mass is 32.3. The van der Waals surface area contributed by atoms with Gasteiger partial charge in [-0.3, -0.25) is 24.4 Å². The van der Waals surface area contributed by atoms with Crippen molar-refractivity contribution in [1.82, 2.24) is 5.32 Å². The summed E-state index contributed by atoms with van der Waals surface area (Å²) in [6.07, 6.45) is -5.13. The molecule has 1 unspecified atom stereocenters. The standard InChI is InChI=1S/C22H22N2O10S2/c25-12-18(27)19(34-36(30,31)32)11-14(26)10-17-20(28)23-22(35)24(21(17)29)13-6-8-16(9-7-13)33-15-4-2-1-3-5-15/h1-10,14,18-19,25-27H,11-12H2,(H,23,28,35)(H,30,31,32)/b17-10-/t14?,18-,19-/m1/s1. The Morgan fingerprint density at radius 3 is 2.22 bits per heavy atom. The zero-order chi connectivity index (χ0) is 26.5. The van der Waals surface area contributed by atoms with Crippen molar-refractivity contribution in [2.24, 2.45) is 0 Å². The normalized spacial score (nSPS) is 18.1. The predicted molar refractivity (Wildman–Crippen MR) is 129 cm³/mol. The zero-order valence-corrected chi connectivity index (χ0v) is 20.1. The number of nitrogens with one attached hydrogen (secondary N) is 1. The monoisotopic (exact) mass is 538 g/mol. The summed E-state index contributed by atoms with van der Waals surface area (Å²) >= 11 is 5.12. The second-order valence-electron chi connectivity index (χ2n) is 7.50. The number of rotatable bonds is 10. The van der Waals surface area contributed by atoms with Crippen LogP contribution in [-0.4, -0.2) is 70.1 Å². The molecule has 0 bridgehead atoms. The number of amides is 2. The van der Waals surface area contributed by atoms with Gasteiger partial charge in [-0.05, 0) is 54.7 Å². The Hall–Kier alpha value is -3.24. The largest absolute Gasteiger partial charge is 0.457 e. The van der Waals surface area contributed by atoms with Gasteiger partial charge < -0.3 is 20.1 Å². The summed E-state index contributed by atoms with van der Waals surface area (Å²) in [4.78, 5) is 26.5. The van der Waals surface area contributed by atoms with Gasteiger partial charge in [-0.1, -0.05) is 18.2 Å². The molecule has 1 saturated heterocycles. The molecule has 2 aromatic rings. The summed E-state index contributed by atoms with van der Waals surface area (Å²) < 4.78 is 40.8. The summed E-state index contributed by atoms with van der Waals surface area (Å²) in [5, 5.41) is 31.2. The minimum absolute atomic E-state index is 0.211. The number of benzene rings is 2. The van der Waals surface area contributed by atoms with Gasteiger partial charge in [-0.25, -0.2) is 4.18 Å². The van der Waals surface area contributed by atoms with Gasteiger partial charge in [-0.15, -0.1) is 0 Å². The van der Waals surface area contributed by atoms with E-state index < -0.39 is 59.1 Å². The predicted octanol–water partition coefficient (Wildman–Crippen LogP) is 0.445. The first kappa shape index (κ1) is 27.3. The first-order valence-electron chi connectivity index (χ1n) is 10.4. The average molecular weight is 539 g/mol. The molecule has 2 amide bonds. The van der Waals surface area contributed by atoms with Crippen LogP contribution < -0.4 is 15.0 Å². The number of aliphatic hydroxyl groups is 3. The Morgan fingerprint density at radius 1 is 1.03 bits per heavy atom. The fourth-order valence-electron chi connectivity index (χ4n) is 3.23. The number of hydrogen-bond donors (Lipinski definition) is 5. The lowest BCUT2D eigenvalue weighted by molar-refractivity contribution is -0.122. The molecule has 0 aromatic heterocycles. The van der Waals surface area contributed by atoms with Crippen LogP contribution in [0.4, 0.5) is 5.69 Å². The lowest BCUT2D eigenvalue weighted by Crippen LogP contribution is -2.54. The van der Waals surface area contributed by atoms with Crippen molar-refractivity contribution in [2.75, 3.05) is 11.5 Å². The highest BCUT2D eigenvalue weighted by Gasteiger charge is 2.36. The highest BCUT2D eigenvalue weighted by molar-refractivity contribution is 7.81. The van der Waals surface area contributed by atoms with Gasteiger partial charge in [-0.2, -0.15) is 8.42 Å². The smallest absolute Gasteiger partial charge is 0.397 e. The summed E-state index contributed by atoms with van der Waals surface area (Å²) in [7, 11) is -5.04. The van der Waals surface area contributed by atoms with Crippen molar-refractivity contribution in [3.63, 3.8) is 0 Å². The second kappa shape index (κ2) is 11.7. The summed E-state index contributed by atoms with van der Waals surface area (Å²) in [5.41, 5.74) is -0.237. The third kappa shape index (κ3) is 7.14. The lowest BCUT2D eigenvalue weighted by Gasteiger charge is -2.29. The fourth-order valence-corrected chi connectivity index (χ4v) is 4.03. The Morgan fingerprint density at radius 2 is 1.64 bits per heavy atom. The number of thiocarbonyl (C=S) groups is 1. The summed E-state index contributed by atoms with van der Waals surface area (Å²) in [6, 6.07) is 15.2. The van der Waals surface area contributed by atoms with Gasteiger partial charge >= 0.3 is 10.4 Å². The number of nitrogens with zero attached hydrogens (tertiary/aromatic N) is 1. The molecule has 1 aliphatic heterocycles. The zero-order valence-electron chi connectivity index (χ0n) is 18.4. The van der Waals surface area contributed by atoms with Gasteiger partial charge in [0, 0.05) is 6.42 Å². The Labute approximate surface area is 211 Å². The second-order valence-corrected chi connectivity index (χ2v) is 8.94. The molecule has 3 atom stereocenters. The van der Waals surface area contributed by atoms with Gasteiger partial charge in [0.05, 0.1) is 18.4 Å². The number of aliphatic hydroxyl groups excluding tert-OH is 3. The first-order valence-corrected chi connectivity index (χ1v) is 12.1. The number of para-hydroxylation sites is 1. The van der Waals surface area contributed by atoms with E-state index in [9.17, 15) is 28.2 Å². The molecule has 36 heavy (non-hydrogen) atoms. The van der Waals surface area contributed by atoms with Crippen LogP contribution in [-0.2, 0) is 24.2 Å². The molecule has 192 valence electrons. The van der Waals surface area contributed by atoms with Crippen molar-refractivity contribution in [2.45, 2.75) is 24.7 Å². The maximum Gasteiger partial charge on any atom is 0.397 e. The number of carbonyl (C=O) groups is 2. The molecule has 1 heterocycles. The van der Waals surface area contributed by atoms with Crippen LogP contribution in [0, 0.1) is 0 Å². The van der Waals surface area contributed by atoms with Crippen LogP contribution in [0.3, 0.4) is 0 Å². The van der Waals surface area contributed by atoms with E-state index in [1.54, 1.807) is 36.4 Å². The van der Waals surface area contributed by atoms with Gasteiger partial charge in [0.15, 0.2) is 5.11 Å². The molecular formula is C22H22N2O10S2. The molecule has 0 radical (unpaired) electrons. The van der Waals surface area contributed by atoms with Crippen molar-refractivity contribution in [3.05, 3.63) is 66.2 Å². The van der Waals surface area contributed by atoms with Crippen LogP contribution in [0.25, 0.3) is 0 Å². The Balaban J connectivity index is 1.79. The van der Waals surface area contributed by atoms with Crippen LogP contribution in [0.5, 0.6) is 11.5 Å². The number of hydrogen-bond acceptors (Lipinski definition) is 10. The number of anilines is 1. The molecule has 0 aliphatic carbocycles. The number of carbonyl (C=O) groups excluding carboxylic acids is 2. The van der Waals surface area contributed by atoms with Crippen LogP contribution in [0.2, 0.25) is 0 Å². The lowest BCUT2D eigenvalue weighted by atomic mass is 10.0. The maximum absolute atomic E-state index is 13.1. The van der Waals surface area contributed by atoms with Gasteiger partial charge in [0.1, 0.15) is 29.3 Å². The quantitative estimate of drug-likeness (QED) is 0.122. The van der Waals surface area contributed by atoms with E-state index in [0.29, 0.717) is 11.5 Å². The maximum atomic E-state index is 13.1. The van der Waals surface area contributed by atoms with E-state index >= 15 is 0 Å². The molecule has 2 aromatic carbocycles. The molecule has 12 nitrogen and oxygen atoms in total. The number of ether oxygens (including phenoxy) is 1. The molecule has 0 saturated carbocycles. The van der Waals surface area contributed by atoms with E-state index in [1.807, 2.05) is 6.07 Å². The molecule has 5 N–H and O–H groups in total. The van der Waals surface area contributed by atoms with E-state index in [1.165, 1.54) is 12.1 Å². The van der Waals surface area contributed by atoms with Crippen LogP contribution >= 0.6 is 12.2 Å². The fraction of sp³-hybridized carbons (Fsp3) is 0.227. The van der Waals surface area contributed by atoms with E-state index in [-0.39, 0.29) is 10.8 Å². The minimum Gasteiger partial charge on any atom is -0.457 e. The summed E-state index contributed by atoms with van der Waals surface area (Å²) in [6.45, 7) is -0.949. The van der Waals surface area contributed by atoms with E-state index in [2.05, 4.69) is 9.50 Å². The minimum atomic E-state index is -5.04. The van der Waals surface area contributed by atoms with Crippen LogP contribution in [0.15, 0.2) is 66.2 Å². The van der Waals surface area contributed by atoms with E-state index in [4.69, 9.17) is 26.6 Å². The average Bonchev–Trinajstić information content (AvgIpc) is 2.81. The molecule has 1 fully saturated rings. The van der Waals surface area contributed by atoms with Crippen molar-refractivity contribution >= 4 is 45.2 Å². The molecule has 1 aliphatic rings. The van der Waals surface area contributed by atoms with Crippen molar-refractivity contribution in [3.8, 4) is 11.5 Å². The highest BCUT2D eigenvalue weighted by Crippen LogP contribution is 2.27. The third-order valence-electron chi connectivity index (χ3n) is 4.87. The van der Waals surface area contributed by atoms with Crippen molar-refractivity contribution < 1.29 is 46.8 Å². The first-order chi connectivity index (χ1) is 17.0.